The molecule has 0 bridgehead atoms. The fraction of sp³-hybridized carbons (Fsp3) is 0.643. The van der Waals surface area contributed by atoms with Gasteiger partial charge in [-0.1, -0.05) is 0 Å². The molecule has 0 radical (unpaired) electrons. The van der Waals surface area contributed by atoms with Crippen molar-refractivity contribution in [2.75, 3.05) is 26.7 Å². The Kier molecular flexibility index (Phi) is 5.86. The summed E-state index contributed by atoms with van der Waals surface area (Å²) < 4.78 is 6.19. The minimum atomic E-state index is -0.0376. The van der Waals surface area contributed by atoms with Gasteiger partial charge in [-0.05, 0) is 61.1 Å². The number of thiophene rings is 1. The maximum absolute atomic E-state index is 12.2. The second-order valence-corrected chi connectivity index (χ2v) is 7.11. The number of piperidine rings is 1. The molecule has 1 aromatic rings. The molecule has 1 amide bonds. The lowest BCUT2D eigenvalue weighted by Crippen LogP contribution is -2.33. The summed E-state index contributed by atoms with van der Waals surface area (Å²) >= 11 is 4.92. The van der Waals surface area contributed by atoms with E-state index in [-0.39, 0.29) is 5.91 Å². The number of amides is 1. The van der Waals surface area contributed by atoms with E-state index in [2.05, 4.69) is 26.6 Å². The Hall–Kier alpha value is -0.590. The van der Waals surface area contributed by atoms with Crippen LogP contribution in [0.3, 0.4) is 0 Å². The van der Waals surface area contributed by atoms with Crippen molar-refractivity contribution in [3.8, 4) is 5.75 Å². The number of methoxy groups -OCH3 is 1. The quantitative estimate of drug-likeness (QED) is 0.848. The molecule has 1 unspecified atom stereocenters. The van der Waals surface area contributed by atoms with Crippen molar-refractivity contribution in [2.45, 2.75) is 26.2 Å². The summed E-state index contributed by atoms with van der Waals surface area (Å²) in [5.74, 6) is 1.29. The van der Waals surface area contributed by atoms with Gasteiger partial charge in [-0.2, -0.15) is 0 Å². The molecule has 6 heteroatoms. The number of nitrogens with one attached hydrogen (secondary N) is 2. The van der Waals surface area contributed by atoms with Gasteiger partial charge < -0.3 is 15.4 Å². The van der Waals surface area contributed by atoms with E-state index < -0.39 is 0 Å². The molecule has 2 heterocycles. The molecule has 1 aromatic heterocycles. The predicted octanol–water partition coefficient (Wildman–Crippen LogP) is 2.95. The van der Waals surface area contributed by atoms with E-state index in [1.807, 2.05) is 6.92 Å². The summed E-state index contributed by atoms with van der Waals surface area (Å²) in [4.78, 5) is 13.9. The Balaban J connectivity index is 1.87. The number of aryl methyl sites for hydroxylation is 1. The zero-order chi connectivity index (χ0) is 14.5. The highest BCUT2D eigenvalue weighted by atomic mass is 79.9. The summed E-state index contributed by atoms with van der Waals surface area (Å²) in [5.41, 5.74) is 0. The SMILES string of the molecule is COc1c(C(=O)NCCC2CCCNC2)sc(C)c1Br. The first kappa shape index (κ1) is 15.8. The molecule has 0 saturated carbocycles. The van der Waals surface area contributed by atoms with Crippen molar-refractivity contribution in [3.63, 3.8) is 0 Å². The van der Waals surface area contributed by atoms with Crippen molar-refractivity contribution in [1.82, 2.24) is 10.6 Å². The topological polar surface area (TPSA) is 50.4 Å². The minimum Gasteiger partial charge on any atom is -0.494 e. The summed E-state index contributed by atoms with van der Waals surface area (Å²) in [6.45, 7) is 4.90. The van der Waals surface area contributed by atoms with Crippen molar-refractivity contribution in [2.24, 2.45) is 5.92 Å². The summed E-state index contributed by atoms with van der Waals surface area (Å²) in [6, 6.07) is 0. The number of ether oxygens (including phenoxy) is 1. The molecular weight excluding hydrogens is 340 g/mol. The molecule has 20 heavy (non-hydrogen) atoms. The Morgan fingerprint density at radius 1 is 1.60 bits per heavy atom. The van der Waals surface area contributed by atoms with Gasteiger partial charge in [0.2, 0.25) is 0 Å². The molecule has 1 saturated heterocycles. The lowest BCUT2D eigenvalue weighted by molar-refractivity contribution is 0.0952. The Morgan fingerprint density at radius 3 is 3.05 bits per heavy atom. The maximum atomic E-state index is 12.2. The molecule has 1 aliphatic rings. The molecule has 112 valence electrons. The normalized spacial score (nSPS) is 18.9. The molecule has 1 fully saturated rings. The van der Waals surface area contributed by atoms with Gasteiger partial charge in [-0.15, -0.1) is 11.3 Å². The molecule has 1 aliphatic heterocycles. The van der Waals surface area contributed by atoms with Crippen molar-refractivity contribution >= 4 is 33.2 Å². The van der Waals surface area contributed by atoms with E-state index in [0.29, 0.717) is 16.5 Å². The van der Waals surface area contributed by atoms with Crippen LogP contribution >= 0.6 is 27.3 Å². The average molecular weight is 361 g/mol. The Labute approximate surface area is 132 Å². The van der Waals surface area contributed by atoms with E-state index in [1.165, 1.54) is 24.2 Å². The van der Waals surface area contributed by atoms with Gasteiger partial charge in [-0.3, -0.25) is 4.79 Å². The lowest BCUT2D eigenvalue weighted by Gasteiger charge is -2.22. The van der Waals surface area contributed by atoms with Gasteiger partial charge >= 0.3 is 0 Å². The fourth-order valence-corrected chi connectivity index (χ4v) is 4.14. The smallest absolute Gasteiger partial charge is 0.265 e. The van der Waals surface area contributed by atoms with E-state index >= 15 is 0 Å². The molecule has 2 rings (SSSR count). The number of hydrogen-bond acceptors (Lipinski definition) is 4. The highest BCUT2D eigenvalue weighted by molar-refractivity contribution is 9.10. The van der Waals surface area contributed by atoms with E-state index in [0.717, 1.165) is 35.4 Å². The second-order valence-electron chi connectivity index (χ2n) is 5.09. The number of carbonyl (C=O) groups excluding carboxylic acids is 1. The fourth-order valence-electron chi connectivity index (χ4n) is 2.48. The molecule has 1 atom stereocenters. The first-order valence-electron chi connectivity index (χ1n) is 6.95. The lowest BCUT2D eigenvalue weighted by atomic mass is 9.96. The van der Waals surface area contributed by atoms with Crippen LogP contribution in [-0.4, -0.2) is 32.7 Å². The van der Waals surface area contributed by atoms with Crippen LogP contribution in [0.15, 0.2) is 4.47 Å². The third kappa shape index (κ3) is 3.74. The summed E-state index contributed by atoms with van der Waals surface area (Å²) in [5, 5.41) is 6.40. The van der Waals surface area contributed by atoms with E-state index in [9.17, 15) is 4.79 Å². The van der Waals surface area contributed by atoms with Crippen LogP contribution in [0.2, 0.25) is 0 Å². The van der Waals surface area contributed by atoms with Gasteiger partial charge in [0.05, 0.1) is 11.6 Å². The van der Waals surface area contributed by atoms with Crippen LogP contribution in [0.4, 0.5) is 0 Å². The van der Waals surface area contributed by atoms with Crippen molar-refractivity contribution < 1.29 is 9.53 Å². The number of carbonyl (C=O) groups is 1. The van der Waals surface area contributed by atoms with Crippen LogP contribution in [-0.2, 0) is 0 Å². The molecule has 0 aliphatic carbocycles. The molecule has 2 N–H and O–H groups in total. The highest BCUT2D eigenvalue weighted by Crippen LogP contribution is 2.38. The number of rotatable bonds is 5. The Morgan fingerprint density at radius 2 is 2.40 bits per heavy atom. The number of halogens is 1. The minimum absolute atomic E-state index is 0.0376. The summed E-state index contributed by atoms with van der Waals surface area (Å²) in [6.07, 6.45) is 3.53. The van der Waals surface area contributed by atoms with Gasteiger partial charge in [0.1, 0.15) is 4.88 Å². The molecule has 0 aromatic carbocycles. The van der Waals surface area contributed by atoms with Crippen molar-refractivity contribution in [1.29, 1.82) is 0 Å². The van der Waals surface area contributed by atoms with Crippen LogP contribution in [0.25, 0.3) is 0 Å². The van der Waals surface area contributed by atoms with Crippen LogP contribution < -0.4 is 15.4 Å². The van der Waals surface area contributed by atoms with Crippen LogP contribution in [0.5, 0.6) is 5.75 Å². The zero-order valence-corrected chi connectivity index (χ0v) is 14.3. The molecule has 4 nitrogen and oxygen atoms in total. The first-order valence-corrected chi connectivity index (χ1v) is 8.56. The van der Waals surface area contributed by atoms with Gasteiger partial charge in [-0.25, -0.2) is 0 Å². The van der Waals surface area contributed by atoms with Gasteiger partial charge in [0.15, 0.2) is 5.75 Å². The average Bonchev–Trinajstić information content (AvgIpc) is 2.75. The second kappa shape index (κ2) is 7.43. The summed E-state index contributed by atoms with van der Waals surface area (Å²) in [7, 11) is 1.59. The van der Waals surface area contributed by atoms with Gasteiger partial charge in [0.25, 0.3) is 5.91 Å². The van der Waals surface area contributed by atoms with E-state index in [1.54, 1.807) is 7.11 Å². The first-order chi connectivity index (χ1) is 9.63. The van der Waals surface area contributed by atoms with Gasteiger partial charge in [0, 0.05) is 11.4 Å². The monoisotopic (exact) mass is 360 g/mol. The largest absolute Gasteiger partial charge is 0.494 e. The zero-order valence-electron chi connectivity index (χ0n) is 11.9. The maximum Gasteiger partial charge on any atom is 0.265 e. The highest BCUT2D eigenvalue weighted by Gasteiger charge is 2.21. The van der Waals surface area contributed by atoms with Crippen molar-refractivity contribution in [3.05, 3.63) is 14.2 Å². The third-order valence-corrected chi connectivity index (χ3v) is 5.92. The number of hydrogen-bond donors (Lipinski definition) is 2. The molecular formula is C14H21BrN2O2S. The third-order valence-electron chi connectivity index (χ3n) is 3.62. The predicted molar refractivity (Wildman–Crippen MR) is 85.9 cm³/mol. The Bertz CT molecular complexity index is 470. The molecule has 0 spiro atoms. The van der Waals surface area contributed by atoms with Crippen LogP contribution in [0, 0.1) is 12.8 Å². The van der Waals surface area contributed by atoms with Crippen LogP contribution in [0.1, 0.15) is 33.8 Å². The standard InChI is InChI=1S/C14H21BrN2O2S/c1-9-11(15)12(19-2)13(20-9)14(18)17-7-5-10-4-3-6-16-8-10/h10,16H,3-8H2,1-2H3,(H,17,18). The van der Waals surface area contributed by atoms with E-state index in [4.69, 9.17) is 4.74 Å².